The molecule has 1 aromatic rings. The Balaban J connectivity index is 2.15. The summed E-state index contributed by atoms with van der Waals surface area (Å²) in [5.74, 6) is -1.81. The van der Waals surface area contributed by atoms with Gasteiger partial charge in [0, 0.05) is 32.4 Å². The van der Waals surface area contributed by atoms with E-state index in [0.717, 1.165) is 11.9 Å². The van der Waals surface area contributed by atoms with Crippen LogP contribution in [-0.4, -0.2) is 67.1 Å². The van der Waals surface area contributed by atoms with Crippen molar-refractivity contribution in [3.05, 3.63) is 36.0 Å². The SMILES string of the molecule is CCOC(=O)/C(C#N)=C/C(C(=N)N1CCN(c2ccccn2)CC1)C(=O)OCC. The lowest BCUT2D eigenvalue weighted by atomic mass is 10.0. The fourth-order valence-electron chi connectivity index (χ4n) is 2.93. The van der Waals surface area contributed by atoms with Gasteiger partial charge in [0.25, 0.3) is 0 Å². The number of amidine groups is 1. The molecule has 9 heteroatoms. The Morgan fingerprint density at radius 2 is 1.93 bits per heavy atom. The molecule has 0 aromatic carbocycles. The summed E-state index contributed by atoms with van der Waals surface area (Å²) in [6, 6.07) is 7.43. The average Bonchev–Trinajstić information content (AvgIpc) is 2.75. The Morgan fingerprint density at radius 1 is 1.24 bits per heavy atom. The molecule has 1 atom stereocenters. The van der Waals surface area contributed by atoms with Crippen LogP contribution in [0.5, 0.6) is 0 Å². The van der Waals surface area contributed by atoms with Gasteiger partial charge in [-0.1, -0.05) is 6.07 Å². The Bertz CT molecular complexity index is 795. The topological polar surface area (TPSA) is 120 Å². The largest absolute Gasteiger partial charge is 0.465 e. The Hall–Kier alpha value is -3.41. The molecule has 0 amide bonds. The number of carbonyl (C=O) groups is 2. The molecule has 0 aliphatic carbocycles. The maximum Gasteiger partial charge on any atom is 0.348 e. The molecule has 154 valence electrons. The van der Waals surface area contributed by atoms with Crippen molar-refractivity contribution in [2.75, 3.05) is 44.3 Å². The van der Waals surface area contributed by atoms with E-state index in [2.05, 4.69) is 9.88 Å². The zero-order chi connectivity index (χ0) is 21.2. The normalized spacial score (nSPS) is 15.3. The van der Waals surface area contributed by atoms with E-state index in [9.17, 15) is 14.9 Å². The predicted octanol–water partition coefficient (Wildman–Crippen LogP) is 1.37. The van der Waals surface area contributed by atoms with Crippen molar-refractivity contribution in [1.29, 1.82) is 10.7 Å². The number of nitrogens with one attached hydrogen (secondary N) is 1. The van der Waals surface area contributed by atoms with E-state index < -0.39 is 17.9 Å². The maximum atomic E-state index is 12.4. The molecule has 1 saturated heterocycles. The van der Waals surface area contributed by atoms with E-state index in [0.29, 0.717) is 26.2 Å². The van der Waals surface area contributed by atoms with E-state index in [1.54, 1.807) is 31.0 Å². The van der Waals surface area contributed by atoms with Crippen LogP contribution in [0.3, 0.4) is 0 Å². The lowest BCUT2D eigenvalue weighted by Crippen LogP contribution is -2.51. The second-order valence-corrected chi connectivity index (χ2v) is 6.19. The lowest BCUT2D eigenvalue weighted by Gasteiger charge is -2.37. The van der Waals surface area contributed by atoms with Crippen molar-refractivity contribution in [1.82, 2.24) is 9.88 Å². The van der Waals surface area contributed by atoms with Crippen LogP contribution in [-0.2, 0) is 19.1 Å². The molecule has 9 nitrogen and oxygen atoms in total. The molecule has 2 heterocycles. The minimum Gasteiger partial charge on any atom is -0.465 e. The zero-order valence-corrected chi connectivity index (χ0v) is 16.6. The minimum atomic E-state index is -1.16. The van der Waals surface area contributed by atoms with Gasteiger partial charge in [-0.15, -0.1) is 0 Å². The first kappa shape index (κ1) is 21.9. The van der Waals surface area contributed by atoms with Gasteiger partial charge >= 0.3 is 11.9 Å². The predicted molar refractivity (Wildman–Crippen MR) is 106 cm³/mol. The summed E-state index contributed by atoms with van der Waals surface area (Å²) in [5.41, 5.74) is -0.318. The van der Waals surface area contributed by atoms with Crippen molar-refractivity contribution in [2.45, 2.75) is 13.8 Å². The van der Waals surface area contributed by atoms with Gasteiger partial charge < -0.3 is 19.3 Å². The van der Waals surface area contributed by atoms with Crippen molar-refractivity contribution < 1.29 is 19.1 Å². The molecule has 0 radical (unpaired) electrons. The Morgan fingerprint density at radius 3 is 2.48 bits per heavy atom. The van der Waals surface area contributed by atoms with Gasteiger partial charge in [0.1, 0.15) is 29.2 Å². The molecular formula is C20H25N5O4. The van der Waals surface area contributed by atoms with Crippen molar-refractivity contribution in [3.63, 3.8) is 0 Å². The third kappa shape index (κ3) is 5.78. The molecule has 29 heavy (non-hydrogen) atoms. The molecule has 0 spiro atoms. The molecule has 1 N–H and O–H groups in total. The van der Waals surface area contributed by atoms with E-state index >= 15 is 0 Å². The summed E-state index contributed by atoms with van der Waals surface area (Å²) in [7, 11) is 0. The second-order valence-electron chi connectivity index (χ2n) is 6.19. The molecular weight excluding hydrogens is 374 g/mol. The van der Waals surface area contributed by atoms with Gasteiger partial charge in [-0.3, -0.25) is 10.2 Å². The highest BCUT2D eigenvalue weighted by molar-refractivity contribution is 6.03. The number of hydrogen-bond donors (Lipinski definition) is 1. The number of esters is 2. The highest BCUT2D eigenvalue weighted by Crippen LogP contribution is 2.17. The van der Waals surface area contributed by atoms with E-state index in [1.807, 2.05) is 18.2 Å². The van der Waals surface area contributed by atoms with E-state index in [1.165, 1.54) is 0 Å². The molecule has 1 aromatic heterocycles. The van der Waals surface area contributed by atoms with Crippen LogP contribution in [0.15, 0.2) is 36.0 Å². The summed E-state index contributed by atoms with van der Waals surface area (Å²) < 4.78 is 9.90. The highest BCUT2D eigenvalue weighted by atomic mass is 16.5. The summed E-state index contributed by atoms with van der Waals surface area (Å²) >= 11 is 0. The minimum absolute atomic E-state index is 0.0128. The van der Waals surface area contributed by atoms with Gasteiger partial charge in [-0.25, -0.2) is 9.78 Å². The number of pyridine rings is 1. The molecule has 0 bridgehead atoms. The molecule has 1 aliphatic heterocycles. The first-order chi connectivity index (χ1) is 14.0. The third-order valence-corrected chi connectivity index (χ3v) is 4.38. The first-order valence-electron chi connectivity index (χ1n) is 9.46. The Kier molecular flexibility index (Phi) is 8.15. The van der Waals surface area contributed by atoms with Crippen LogP contribution in [0.25, 0.3) is 0 Å². The maximum absolute atomic E-state index is 12.4. The highest BCUT2D eigenvalue weighted by Gasteiger charge is 2.31. The monoisotopic (exact) mass is 399 g/mol. The standard InChI is InChI=1S/C20H25N5O4/c1-3-28-19(26)15(14-21)13-16(20(27)29-4-2)18(22)25-11-9-24(10-12-25)17-7-5-6-8-23-17/h5-8,13,16,22H,3-4,9-12H2,1-2H3/b15-13+,22-18?. The summed E-state index contributed by atoms with van der Waals surface area (Å²) in [4.78, 5) is 32.5. The van der Waals surface area contributed by atoms with Gasteiger partial charge in [-0.2, -0.15) is 5.26 Å². The smallest absolute Gasteiger partial charge is 0.348 e. The fourth-order valence-corrected chi connectivity index (χ4v) is 2.93. The third-order valence-electron chi connectivity index (χ3n) is 4.38. The quantitative estimate of drug-likeness (QED) is 0.240. The molecule has 1 unspecified atom stereocenters. The summed E-state index contributed by atoms with van der Waals surface area (Å²) in [6.07, 6.45) is 2.88. The number of anilines is 1. The molecule has 0 saturated carbocycles. The number of nitrogens with zero attached hydrogens (tertiary/aromatic N) is 4. The number of hydrogen-bond acceptors (Lipinski definition) is 8. The number of carbonyl (C=O) groups excluding carboxylic acids is 2. The first-order valence-corrected chi connectivity index (χ1v) is 9.46. The van der Waals surface area contributed by atoms with Crippen molar-refractivity contribution in [2.24, 2.45) is 5.92 Å². The number of rotatable bonds is 7. The van der Waals surface area contributed by atoms with Crippen molar-refractivity contribution >= 4 is 23.6 Å². The summed E-state index contributed by atoms with van der Waals surface area (Å²) in [6.45, 7) is 5.77. The van der Waals surface area contributed by atoms with Gasteiger partial charge in [-0.05, 0) is 32.1 Å². The van der Waals surface area contributed by atoms with E-state index in [4.69, 9.17) is 14.9 Å². The van der Waals surface area contributed by atoms with Gasteiger partial charge in [0.2, 0.25) is 0 Å². The Labute approximate surface area is 170 Å². The van der Waals surface area contributed by atoms with Crippen LogP contribution in [0.2, 0.25) is 0 Å². The zero-order valence-electron chi connectivity index (χ0n) is 16.6. The van der Waals surface area contributed by atoms with Crippen LogP contribution >= 0.6 is 0 Å². The van der Waals surface area contributed by atoms with Crippen LogP contribution in [0, 0.1) is 22.7 Å². The van der Waals surface area contributed by atoms with Crippen LogP contribution < -0.4 is 4.90 Å². The second kappa shape index (κ2) is 10.8. The fraction of sp³-hybridized carbons (Fsp3) is 0.450. The van der Waals surface area contributed by atoms with Crippen LogP contribution in [0.4, 0.5) is 5.82 Å². The summed E-state index contributed by atoms with van der Waals surface area (Å²) in [5, 5.41) is 17.8. The number of ether oxygens (including phenoxy) is 2. The number of aromatic nitrogens is 1. The van der Waals surface area contributed by atoms with Gasteiger partial charge in [0.15, 0.2) is 0 Å². The number of piperazine rings is 1. The lowest BCUT2D eigenvalue weighted by molar-refractivity contribution is -0.144. The molecule has 2 rings (SSSR count). The average molecular weight is 399 g/mol. The number of nitriles is 1. The van der Waals surface area contributed by atoms with Gasteiger partial charge in [0.05, 0.1) is 13.2 Å². The molecule has 1 fully saturated rings. The van der Waals surface area contributed by atoms with Crippen LogP contribution in [0.1, 0.15) is 13.8 Å². The molecule has 1 aliphatic rings. The van der Waals surface area contributed by atoms with E-state index in [-0.39, 0.29) is 24.6 Å². The van der Waals surface area contributed by atoms with Crippen molar-refractivity contribution in [3.8, 4) is 6.07 Å².